The number of nitrogens with zero attached hydrogens (tertiary/aromatic N) is 4. The van der Waals surface area contributed by atoms with Crippen molar-refractivity contribution in [2.75, 3.05) is 62.4 Å². The van der Waals surface area contributed by atoms with E-state index in [9.17, 15) is 4.79 Å². The van der Waals surface area contributed by atoms with E-state index in [2.05, 4.69) is 26.5 Å². The number of para-hydroxylation sites is 2. The Kier molecular flexibility index (Phi) is 7.29. The molecule has 2 saturated heterocycles. The van der Waals surface area contributed by atoms with Gasteiger partial charge in [0.2, 0.25) is 11.0 Å². The van der Waals surface area contributed by atoms with Gasteiger partial charge in [0.05, 0.1) is 24.7 Å². The molecular formula is C20H27N5O3S2. The van der Waals surface area contributed by atoms with Crippen LogP contribution >= 0.6 is 23.1 Å². The fourth-order valence-electron chi connectivity index (χ4n) is 3.65. The Bertz CT molecular complexity index is 835. The van der Waals surface area contributed by atoms with E-state index in [0.717, 1.165) is 60.0 Å². The second-order valence-corrected chi connectivity index (χ2v) is 9.42. The van der Waals surface area contributed by atoms with Gasteiger partial charge in [-0.15, -0.1) is 10.2 Å². The second-order valence-electron chi connectivity index (χ2n) is 7.22. The Labute approximate surface area is 184 Å². The summed E-state index contributed by atoms with van der Waals surface area (Å²) in [5, 5.41) is 12.4. The molecule has 0 aliphatic carbocycles. The van der Waals surface area contributed by atoms with Crippen LogP contribution < -0.4 is 15.0 Å². The number of anilines is 2. The number of benzene rings is 1. The van der Waals surface area contributed by atoms with Gasteiger partial charge < -0.3 is 24.6 Å². The standard InChI is InChI=1S/C20H27N5O3S2/c1-27-17-7-3-2-6-16(17)24-8-10-25(11-9-24)18(26)14-29-20-23-22-19(30-20)21-13-15-5-4-12-28-15/h2-3,6-7,15H,4-5,8-14H2,1H3,(H,21,22)/t15-/m0/s1. The van der Waals surface area contributed by atoms with Gasteiger partial charge in [0.1, 0.15) is 5.75 Å². The molecule has 3 heterocycles. The number of ether oxygens (including phenoxy) is 2. The summed E-state index contributed by atoms with van der Waals surface area (Å²) in [7, 11) is 1.69. The van der Waals surface area contributed by atoms with Crippen molar-refractivity contribution in [2.24, 2.45) is 0 Å². The molecule has 0 unspecified atom stereocenters. The largest absolute Gasteiger partial charge is 0.495 e. The number of hydrogen-bond donors (Lipinski definition) is 1. The molecular weight excluding hydrogens is 422 g/mol. The Hall–Kier alpha value is -2.04. The minimum absolute atomic E-state index is 0.142. The lowest BCUT2D eigenvalue weighted by atomic mass is 10.2. The van der Waals surface area contributed by atoms with Gasteiger partial charge in [-0.1, -0.05) is 35.2 Å². The monoisotopic (exact) mass is 449 g/mol. The van der Waals surface area contributed by atoms with Crippen LogP contribution in [0.2, 0.25) is 0 Å². The van der Waals surface area contributed by atoms with E-state index in [0.29, 0.717) is 18.8 Å². The molecule has 1 amide bonds. The first-order valence-corrected chi connectivity index (χ1v) is 12.0. The first kappa shape index (κ1) is 21.2. The molecule has 10 heteroatoms. The number of methoxy groups -OCH3 is 1. The van der Waals surface area contributed by atoms with Crippen molar-refractivity contribution in [3.8, 4) is 5.75 Å². The van der Waals surface area contributed by atoms with E-state index >= 15 is 0 Å². The maximum atomic E-state index is 12.6. The lowest BCUT2D eigenvalue weighted by Crippen LogP contribution is -2.49. The Morgan fingerprint density at radius 1 is 1.30 bits per heavy atom. The third-order valence-electron chi connectivity index (χ3n) is 5.29. The molecule has 0 saturated carbocycles. The number of amides is 1. The summed E-state index contributed by atoms with van der Waals surface area (Å²) in [6.07, 6.45) is 2.48. The van der Waals surface area contributed by atoms with E-state index in [1.807, 2.05) is 23.1 Å². The van der Waals surface area contributed by atoms with Gasteiger partial charge in [0.25, 0.3) is 0 Å². The van der Waals surface area contributed by atoms with Crippen molar-refractivity contribution >= 4 is 39.8 Å². The molecule has 0 bridgehead atoms. The zero-order chi connectivity index (χ0) is 20.8. The van der Waals surface area contributed by atoms with Crippen LogP contribution in [0, 0.1) is 0 Å². The Morgan fingerprint density at radius 3 is 2.90 bits per heavy atom. The summed E-state index contributed by atoms with van der Waals surface area (Å²) < 4.78 is 11.9. The predicted molar refractivity (Wildman–Crippen MR) is 120 cm³/mol. The number of thioether (sulfide) groups is 1. The Morgan fingerprint density at radius 2 is 2.13 bits per heavy atom. The highest BCUT2D eigenvalue weighted by Gasteiger charge is 2.23. The quantitative estimate of drug-likeness (QED) is 0.616. The Balaban J connectivity index is 1.21. The number of aromatic nitrogens is 2. The third-order valence-corrected chi connectivity index (χ3v) is 7.29. The molecule has 2 fully saturated rings. The van der Waals surface area contributed by atoms with Gasteiger partial charge in [-0.25, -0.2) is 0 Å². The van der Waals surface area contributed by atoms with Crippen molar-refractivity contribution in [3.63, 3.8) is 0 Å². The normalized spacial score (nSPS) is 19.2. The average Bonchev–Trinajstić information content (AvgIpc) is 3.48. The topological polar surface area (TPSA) is 79.8 Å². The minimum atomic E-state index is 0.142. The number of rotatable bonds is 8. The lowest BCUT2D eigenvalue weighted by Gasteiger charge is -2.36. The zero-order valence-corrected chi connectivity index (χ0v) is 18.7. The molecule has 162 valence electrons. The maximum absolute atomic E-state index is 12.6. The van der Waals surface area contributed by atoms with Crippen LogP contribution in [0.4, 0.5) is 10.8 Å². The van der Waals surface area contributed by atoms with Gasteiger partial charge in [-0.2, -0.15) is 0 Å². The van der Waals surface area contributed by atoms with Crippen LogP contribution in [0.15, 0.2) is 28.6 Å². The average molecular weight is 450 g/mol. The molecule has 1 atom stereocenters. The lowest BCUT2D eigenvalue weighted by molar-refractivity contribution is -0.128. The molecule has 8 nitrogen and oxygen atoms in total. The van der Waals surface area contributed by atoms with Crippen molar-refractivity contribution in [3.05, 3.63) is 24.3 Å². The van der Waals surface area contributed by atoms with Crippen LogP contribution in [0.5, 0.6) is 5.75 Å². The fraction of sp³-hybridized carbons (Fsp3) is 0.550. The van der Waals surface area contributed by atoms with Crippen LogP contribution in [-0.4, -0.2) is 79.3 Å². The van der Waals surface area contributed by atoms with Gasteiger partial charge in [-0.3, -0.25) is 4.79 Å². The fourth-order valence-corrected chi connectivity index (χ4v) is 5.31. The van der Waals surface area contributed by atoms with Crippen molar-refractivity contribution in [2.45, 2.75) is 23.3 Å². The highest BCUT2D eigenvalue weighted by atomic mass is 32.2. The molecule has 2 aliphatic heterocycles. The molecule has 2 aromatic rings. The number of piperazine rings is 1. The van der Waals surface area contributed by atoms with Crippen molar-refractivity contribution in [1.29, 1.82) is 0 Å². The molecule has 0 radical (unpaired) electrons. The smallest absolute Gasteiger partial charge is 0.233 e. The molecule has 1 aromatic heterocycles. The summed E-state index contributed by atoms with van der Waals surface area (Å²) in [6, 6.07) is 8.01. The highest BCUT2D eigenvalue weighted by molar-refractivity contribution is 8.01. The molecule has 1 N–H and O–H groups in total. The van der Waals surface area contributed by atoms with Gasteiger partial charge >= 0.3 is 0 Å². The molecule has 0 spiro atoms. The highest BCUT2D eigenvalue weighted by Crippen LogP contribution is 2.29. The van der Waals surface area contributed by atoms with Crippen LogP contribution in [0.1, 0.15) is 12.8 Å². The molecule has 4 rings (SSSR count). The maximum Gasteiger partial charge on any atom is 0.233 e. The van der Waals surface area contributed by atoms with E-state index in [1.54, 1.807) is 7.11 Å². The predicted octanol–water partition coefficient (Wildman–Crippen LogP) is 2.58. The first-order valence-electron chi connectivity index (χ1n) is 10.2. The van der Waals surface area contributed by atoms with Gasteiger partial charge in [0, 0.05) is 39.3 Å². The first-order chi connectivity index (χ1) is 14.7. The summed E-state index contributed by atoms with van der Waals surface area (Å²) >= 11 is 2.94. The van der Waals surface area contributed by atoms with E-state index in [4.69, 9.17) is 9.47 Å². The second kappa shape index (κ2) is 10.3. The number of carbonyl (C=O) groups excluding carboxylic acids is 1. The van der Waals surface area contributed by atoms with Crippen LogP contribution in [0.25, 0.3) is 0 Å². The van der Waals surface area contributed by atoms with Crippen molar-refractivity contribution < 1.29 is 14.3 Å². The van der Waals surface area contributed by atoms with Crippen molar-refractivity contribution in [1.82, 2.24) is 15.1 Å². The van der Waals surface area contributed by atoms with Gasteiger partial charge in [-0.05, 0) is 25.0 Å². The molecule has 30 heavy (non-hydrogen) atoms. The molecule has 2 aliphatic rings. The van der Waals surface area contributed by atoms with E-state index in [-0.39, 0.29) is 12.0 Å². The minimum Gasteiger partial charge on any atom is -0.495 e. The summed E-state index contributed by atoms with van der Waals surface area (Å²) in [5.74, 6) is 1.39. The van der Waals surface area contributed by atoms with E-state index in [1.165, 1.54) is 23.1 Å². The van der Waals surface area contributed by atoms with E-state index < -0.39 is 0 Å². The summed E-state index contributed by atoms with van der Waals surface area (Å²) in [6.45, 7) is 4.62. The molecule has 1 aromatic carbocycles. The summed E-state index contributed by atoms with van der Waals surface area (Å²) in [5.41, 5.74) is 1.08. The zero-order valence-electron chi connectivity index (χ0n) is 17.1. The SMILES string of the molecule is COc1ccccc1N1CCN(C(=O)CSc2nnc(NC[C@@H]3CCCO3)s2)CC1. The number of nitrogens with one attached hydrogen (secondary N) is 1. The number of hydrogen-bond acceptors (Lipinski definition) is 9. The van der Waals surface area contributed by atoms with Gasteiger partial charge in [0.15, 0.2) is 4.34 Å². The van der Waals surface area contributed by atoms with Crippen LogP contribution in [-0.2, 0) is 9.53 Å². The summed E-state index contributed by atoms with van der Waals surface area (Å²) in [4.78, 5) is 16.8. The third kappa shape index (κ3) is 5.35. The number of carbonyl (C=O) groups is 1. The van der Waals surface area contributed by atoms with Crippen LogP contribution in [0.3, 0.4) is 0 Å².